The van der Waals surface area contributed by atoms with Gasteiger partial charge in [-0.05, 0) is 37.6 Å². The number of nitrogens with one attached hydrogen (secondary N) is 1. The number of carboxylic acids is 1. The minimum atomic E-state index is -2.01. The highest BCUT2D eigenvalue weighted by molar-refractivity contribution is 5.80. The number of benzene rings is 1. The molecule has 0 aromatic heterocycles. The summed E-state index contributed by atoms with van der Waals surface area (Å²) in [7, 11) is 0. The average molecular weight is 311 g/mol. The molecule has 1 aromatic carbocycles. The van der Waals surface area contributed by atoms with Gasteiger partial charge in [0.1, 0.15) is 11.5 Å². The standard InChI is InChI=1S/C15H21NO6/c1-3-8-21-11-4-6-12(7-5-11)22-9-13(17)16-10-15(2,20)14(18)19/h4-7,20H,3,8-10H2,1-2H3,(H,16,17)(H,18,19). The van der Waals surface area contributed by atoms with Gasteiger partial charge in [0.05, 0.1) is 13.2 Å². The third kappa shape index (κ3) is 6.01. The number of aliphatic hydroxyl groups is 1. The molecular weight excluding hydrogens is 290 g/mol. The van der Waals surface area contributed by atoms with Crippen molar-refractivity contribution in [2.24, 2.45) is 0 Å². The Kier molecular flexibility index (Phi) is 6.65. The first kappa shape index (κ1) is 17.8. The van der Waals surface area contributed by atoms with Crippen molar-refractivity contribution in [3.8, 4) is 11.5 Å². The maximum atomic E-state index is 11.5. The second-order valence-electron chi connectivity index (χ2n) is 4.96. The average Bonchev–Trinajstić information content (AvgIpc) is 2.49. The lowest BCUT2D eigenvalue weighted by atomic mass is 10.1. The zero-order chi connectivity index (χ0) is 16.6. The maximum absolute atomic E-state index is 11.5. The van der Waals surface area contributed by atoms with Crippen LogP contribution in [-0.2, 0) is 9.59 Å². The molecule has 0 heterocycles. The molecular formula is C15H21NO6. The number of ether oxygens (including phenoxy) is 2. The predicted octanol–water partition coefficient (Wildman–Crippen LogP) is 0.806. The van der Waals surface area contributed by atoms with Crippen LogP contribution >= 0.6 is 0 Å². The van der Waals surface area contributed by atoms with E-state index in [4.69, 9.17) is 14.6 Å². The van der Waals surface area contributed by atoms with Crippen LogP contribution in [0.15, 0.2) is 24.3 Å². The van der Waals surface area contributed by atoms with Gasteiger partial charge in [0.15, 0.2) is 12.2 Å². The topological polar surface area (TPSA) is 105 Å². The van der Waals surface area contributed by atoms with E-state index in [0.717, 1.165) is 19.1 Å². The van der Waals surface area contributed by atoms with Crippen LogP contribution in [0.2, 0.25) is 0 Å². The number of hydrogen-bond donors (Lipinski definition) is 3. The van der Waals surface area contributed by atoms with Crippen molar-refractivity contribution < 1.29 is 29.3 Å². The minimum Gasteiger partial charge on any atom is -0.494 e. The number of carbonyl (C=O) groups is 2. The molecule has 0 aliphatic rings. The van der Waals surface area contributed by atoms with Crippen molar-refractivity contribution >= 4 is 11.9 Å². The fourth-order valence-electron chi connectivity index (χ4n) is 1.40. The molecule has 0 fully saturated rings. The Morgan fingerprint density at radius 3 is 2.23 bits per heavy atom. The number of carboxylic acid groups (broad SMARTS) is 1. The van der Waals surface area contributed by atoms with Gasteiger partial charge in [-0.2, -0.15) is 0 Å². The first-order valence-electron chi connectivity index (χ1n) is 6.93. The van der Waals surface area contributed by atoms with E-state index in [1.807, 2.05) is 6.92 Å². The predicted molar refractivity (Wildman–Crippen MR) is 79.0 cm³/mol. The van der Waals surface area contributed by atoms with Gasteiger partial charge in [0.2, 0.25) is 0 Å². The highest BCUT2D eigenvalue weighted by Gasteiger charge is 2.30. The summed E-state index contributed by atoms with van der Waals surface area (Å²) in [4.78, 5) is 22.2. The highest BCUT2D eigenvalue weighted by atomic mass is 16.5. The Labute approximate surface area is 128 Å². The molecule has 3 N–H and O–H groups in total. The lowest BCUT2D eigenvalue weighted by Gasteiger charge is -2.18. The molecule has 0 bridgehead atoms. The molecule has 22 heavy (non-hydrogen) atoms. The maximum Gasteiger partial charge on any atom is 0.337 e. The van der Waals surface area contributed by atoms with Gasteiger partial charge in [-0.3, -0.25) is 4.79 Å². The van der Waals surface area contributed by atoms with E-state index in [1.54, 1.807) is 24.3 Å². The molecule has 1 aromatic rings. The molecule has 7 heteroatoms. The van der Waals surface area contributed by atoms with E-state index in [-0.39, 0.29) is 6.61 Å². The summed E-state index contributed by atoms with van der Waals surface area (Å²) in [6.45, 7) is 3.08. The van der Waals surface area contributed by atoms with Crippen LogP contribution in [-0.4, -0.2) is 47.4 Å². The quantitative estimate of drug-likeness (QED) is 0.623. The summed E-state index contributed by atoms with van der Waals surface area (Å²) in [6, 6.07) is 6.81. The summed E-state index contributed by atoms with van der Waals surface area (Å²) in [5, 5.41) is 20.5. The summed E-state index contributed by atoms with van der Waals surface area (Å²) in [5.74, 6) is -0.718. The smallest absolute Gasteiger partial charge is 0.337 e. The monoisotopic (exact) mass is 311 g/mol. The SMILES string of the molecule is CCCOc1ccc(OCC(=O)NCC(C)(O)C(=O)O)cc1. The Hall–Kier alpha value is -2.28. The first-order valence-corrected chi connectivity index (χ1v) is 6.93. The summed E-state index contributed by atoms with van der Waals surface area (Å²) >= 11 is 0. The highest BCUT2D eigenvalue weighted by Crippen LogP contribution is 2.17. The van der Waals surface area contributed by atoms with Gasteiger partial charge in [-0.15, -0.1) is 0 Å². The largest absolute Gasteiger partial charge is 0.494 e. The van der Waals surface area contributed by atoms with Crippen LogP contribution in [0.3, 0.4) is 0 Å². The van der Waals surface area contributed by atoms with Crippen LogP contribution in [0.1, 0.15) is 20.3 Å². The summed E-state index contributed by atoms with van der Waals surface area (Å²) < 4.78 is 10.7. The van der Waals surface area contributed by atoms with Gasteiger partial charge < -0.3 is 25.0 Å². The molecule has 0 aliphatic heterocycles. The zero-order valence-electron chi connectivity index (χ0n) is 12.7. The van der Waals surface area contributed by atoms with Crippen molar-refractivity contribution in [1.29, 1.82) is 0 Å². The van der Waals surface area contributed by atoms with Crippen molar-refractivity contribution in [3.63, 3.8) is 0 Å². The molecule has 122 valence electrons. The number of hydrogen-bond acceptors (Lipinski definition) is 5. The molecule has 1 amide bonds. The minimum absolute atomic E-state index is 0.273. The van der Waals surface area contributed by atoms with Crippen molar-refractivity contribution in [2.75, 3.05) is 19.8 Å². The third-order valence-electron chi connectivity index (χ3n) is 2.76. The van der Waals surface area contributed by atoms with Crippen LogP contribution in [0, 0.1) is 0 Å². The number of rotatable bonds is 9. The van der Waals surface area contributed by atoms with Crippen LogP contribution in [0.5, 0.6) is 11.5 Å². The van der Waals surface area contributed by atoms with Crippen LogP contribution < -0.4 is 14.8 Å². The van der Waals surface area contributed by atoms with E-state index >= 15 is 0 Å². The molecule has 7 nitrogen and oxygen atoms in total. The lowest BCUT2D eigenvalue weighted by Crippen LogP contribution is -2.47. The van der Waals surface area contributed by atoms with Crippen molar-refractivity contribution in [3.05, 3.63) is 24.3 Å². The second-order valence-corrected chi connectivity index (χ2v) is 4.96. The van der Waals surface area contributed by atoms with E-state index < -0.39 is 24.0 Å². The molecule has 0 spiro atoms. The molecule has 0 radical (unpaired) electrons. The molecule has 1 atom stereocenters. The number of carbonyl (C=O) groups excluding carboxylic acids is 1. The first-order chi connectivity index (χ1) is 10.3. The third-order valence-corrected chi connectivity index (χ3v) is 2.76. The number of amides is 1. The van der Waals surface area contributed by atoms with Gasteiger partial charge in [0, 0.05) is 0 Å². The van der Waals surface area contributed by atoms with Crippen LogP contribution in [0.4, 0.5) is 0 Å². The summed E-state index contributed by atoms with van der Waals surface area (Å²) in [6.07, 6.45) is 0.915. The fraction of sp³-hybridized carbons (Fsp3) is 0.467. The molecule has 0 aliphatic carbocycles. The molecule has 1 unspecified atom stereocenters. The Morgan fingerprint density at radius 1 is 1.18 bits per heavy atom. The fourth-order valence-corrected chi connectivity index (χ4v) is 1.40. The second kappa shape index (κ2) is 8.23. The van der Waals surface area contributed by atoms with E-state index in [0.29, 0.717) is 12.4 Å². The van der Waals surface area contributed by atoms with Gasteiger partial charge >= 0.3 is 5.97 Å². The van der Waals surface area contributed by atoms with Crippen molar-refractivity contribution in [2.45, 2.75) is 25.9 Å². The van der Waals surface area contributed by atoms with Gasteiger partial charge in [-0.1, -0.05) is 6.92 Å². The Balaban J connectivity index is 2.36. The van der Waals surface area contributed by atoms with Gasteiger partial charge in [0.25, 0.3) is 5.91 Å². The van der Waals surface area contributed by atoms with E-state index in [9.17, 15) is 14.7 Å². The molecule has 0 saturated carbocycles. The molecule has 0 saturated heterocycles. The zero-order valence-corrected chi connectivity index (χ0v) is 12.7. The normalized spacial score (nSPS) is 13.0. The van der Waals surface area contributed by atoms with Crippen LogP contribution in [0.25, 0.3) is 0 Å². The van der Waals surface area contributed by atoms with E-state index in [1.165, 1.54) is 0 Å². The van der Waals surface area contributed by atoms with E-state index in [2.05, 4.69) is 5.32 Å². The van der Waals surface area contributed by atoms with Crippen molar-refractivity contribution in [1.82, 2.24) is 5.32 Å². The molecule has 1 rings (SSSR count). The number of aliphatic carboxylic acids is 1. The summed E-state index contributed by atoms with van der Waals surface area (Å²) in [5.41, 5.74) is -2.01. The van der Waals surface area contributed by atoms with Gasteiger partial charge in [-0.25, -0.2) is 4.79 Å². The Morgan fingerprint density at radius 2 is 1.73 bits per heavy atom. The lowest BCUT2D eigenvalue weighted by molar-refractivity contribution is -0.156. The Bertz CT molecular complexity index is 497.